The largest absolute Gasteiger partial charge is 0.496 e. The van der Waals surface area contributed by atoms with Gasteiger partial charge >= 0.3 is 0 Å². The first-order chi connectivity index (χ1) is 11.1. The number of ether oxygens (including phenoxy) is 2. The zero-order chi connectivity index (χ0) is 16.4. The lowest BCUT2D eigenvalue weighted by Gasteiger charge is -2.42. The van der Waals surface area contributed by atoms with Gasteiger partial charge in [-0.05, 0) is 23.6 Å². The first-order valence-corrected chi connectivity index (χ1v) is 8.39. The van der Waals surface area contributed by atoms with Crippen molar-refractivity contribution in [1.82, 2.24) is 9.80 Å². The molecule has 5 nitrogen and oxygen atoms in total. The fourth-order valence-corrected chi connectivity index (χ4v) is 3.14. The summed E-state index contributed by atoms with van der Waals surface area (Å²) in [7, 11) is 1.63. The molecule has 1 aromatic rings. The molecule has 2 heterocycles. The molecule has 23 heavy (non-hydrogen) atoms. The zero-order valence-electron chi connectivity index (χ0n) is 14.2. The van der Waals surface area contributed by atoms with E-state index in [9.17, 15) is 4.79 Å². The molecule has 0 aliphatic carbocycles. The molecule has 2 aliphatic rings. The maximum atomic E-state index is 12.8. The number of rotatable bonds is 4. The van der Waals surface area contributed by atoms with Gasteiger partial charge in [0.2, 0.25) is 0 Å². The minimum absolute atomic E-state index is 0.0710. The number of hydrogen-bond donors (Lipinski definition) is 0. The van der Waals surface area contributed by atoms with Crippen LogP contribution in [0.25, 0.3) is 0 Å². The number of amides is 1. The van der Waals surface area contributed by atoms with Crippen molar-refractivity contribution in [3.8, 4) is 5.75 Å². The van der Waals surface area contributed by atoms with Gasteiger partial charge in [-0.15, -0.1) is 0 Å². The van der Waals surface area contributed by atoms with Crippen LogP contribution in [-0.4, -0.2) is 68.3 Å². The summed E-state index contributed by atoms with van der Waals surface area (Å²) in [6, 6.07) is 6.47. The number of nitrogens with zero attached hydrogens (tertiary/aromatic N) is 2. The van der Waals surface area contributed by atoms with Gasteiger partial charge in [0.05, 0.1) is 31.9 Å². The number of benzene rings is 1. The molecule has 126 valence electrons. The lowest BCUT2D eigenvalue weighted by molar-refractivity contribution is -0.0746. The van der Waals surface area contributed by atoms with Crippen molar-refractivity contribution in [2.45, 2.75) is 25.8 Å². The van der Waals surface area contributed by atoms with Crippen molar-refractivity contribution in [3.05, 3.63) is 29.3 Å². The molecule has 0 bridgehead atoms. The lowest BCUT2D eigenvalue weighted by Crippen LogP contribution is -2.57. The van der Waals surface area contributed by atoms with Crippen LogP contribution in [0.2, 0.25) is 0 Å². The molecule has 2 saturated heterocycles. The summed E-state index contributed by atoms with van der Waals surface area (Å²) in [5.74, 6) is 1.17. The van der Waals surface area contributed by atoms with E-state index in [4.69, 9.17) is 9.47 Å². The second kappa shape index (κ2) is 6.89. The monoisotopic (exact) mass is 318 g/mol. The molecular formula is C18H26N2O3. The number of hydrogen-bond acceptors (Lipinski definition) is 4. The molecule has 0 N–H and O–H groups in total. The van der Waals surface area contributed by atoms with E-state index in [-0.39, 0.29) is 5.91 Å². The third-order valence-corrected chi connectivity index (χ3v) is 4.86. The molecule has 0 aromatic heterocycles. The summed E-state index contributed by atoms with van der Waals surface area (Å²) in [4.78, 5) is 17.2. The summed E-state index contributed by atoms with van der Waals surface area (Å²) < 4.78 is 10.7. The molecule has 0 radical (unpaired) electrons. The van der Waals surface area contributed by atoms with E-state index in [0.29, 0.717) is 23.3 Å². The Balaban J connectivity index is 1.68. The molecule has 2 aliphatic heterocycles. The van der Waals surface area contributed by atoms with Gasteiger partial charge in [-0.25, -0.2) is 0 Å². The summed E-state index contributed by atoms with van der Waals surface area (Å²) in [5, 5.41) is 0. The van der Waals surface area contributed by atoms with E-state index < -0.39 is 0 Å². The summed E-state index contributed by atoms with van der Waals surface area (Å²) in [6.45, 7) is 9.32. The Morgan fingerprint density at radius 3 is 2.43 bits per heavy atom. The average Bonchev–Trinajstić information content (AvgIpc) is 2.52. The standard InChI is InChI=1S/C18H26N2O3/c1-13(2)14-4-5-16(17(10-14)22-3)18(21)20-8-6-19(7-9-20)15-11-23-12-15/h4-5,10,13,15H,6-9,11-12H2,1-3H3. The van der Waals surface area contributed by atoms with Crippen LogP contribution in [0.1, 0.15) is 35.7 Å². The van der Waals surface area contributed by atoms with Gasteiger partial charge in [0.15, 0.2) is 0 Å². The van der Waals surface area contributed by atoms with Crippen LogP contribution < -0.4 is 4.74 Å². The van der Waals surface area contributed by atoms with Crippen LogP contribution in [0.4, 0.5) is 0 Å². The smallest absolute Gasteiger partial charge is 0.257 e. The van der Waals surface area contributed by atoms with E-state index in [1.807, 2.05) is 23.1 Å². The molecule has 5 heteroatoms. The molecule has 1 amide bonds. The Morgan fingerprint density at radius 2 is 1.91 bits per heavy atom. The van der Waals surface area contributed by atoms with Gasteiger partial charge in [0.1, 0.15) is 5.75 Å². The Hall–Kier alpha value is -1.59. The van der Waals surface area contributed by atoms with Gasteiger partial charge < -0.3 is 14.4 Å². The van der Waals surface area contributed by atoms with Gasteiger partial charge in [0, 0.05) is 26.2 Å². The van der Waals surface area contributed by atoms with E-state index in [1.165, 1.54) is 5.56 Å². The van der Waals surface area contributed by atoms with E-state index >= 15 is 0 Å². The van der Waals surface area contributed by atoms with Crippen molar-refractivity contribution in [2.75, 3.05) is 46.5 Å². The number of piperazine rings is 1. The summed E-state index contributed by atoms with van der Waals surface area (Å²) >= 11 is 0. The van der Waals surface area contributed by atoms with Gasteiger partial charge in [-0.3, -0.25) is 9.69 Å². The van der Waals surface area contributed by atoms with E-state index in [2.05, 4.69) is 18.7 Å². The molecule has 2 fully saturated rings. The first-order valence-electron chi connectivity index (χ1n) is 8.39. The third kappa shape index (κ3) is 3.35. The topological polar surface area (TPSA) is 42.0 Å². The maximum Gasteiger partial charge on any atom is 0.257 e. The van der Waals surface area contributed by atoms with Crippen LogP contribution in [0.5, 0.6) is 5.75 Å². The zero-order valence-corrected chi connectivity index (χ0v) is 14.2. The molecule has 3 rings (SSSR count). The van der Waals surface area contributed by atoms with Crippen molar-refractivity contribution < 1.29 is 14.3 Å². The third-order valence-electron chi connectivity index (χ3n) is 4.86. The van der Waals surface area contributed by atoms with Crippen molar-refractivity contribution >= 4 is 5.91 Å². The summed E-state index contributed by atoms with van der Waals surface area (Å²) in [6.07, 6.45) is 0. The van der Waals surface area contributed by atoms with Crippen molar-refractivity contribution in [3.63, 3.8) is 0 Å². The van der Waals surface area contributed by atoms with Gasteiger partial charge in [-0.2, -0.15) is 0 Å². The minimum Gasteiger partial charge on any atom is -0.496 e. The molecule has 0 atom stereocenters. The first kappa shape index (κ1) is 16.3. The van der Waals surface area contributed by atoms with E-state index in [1.54, 1.807) is 7.11 Å². The predicted octanol–water partition coefficient (Wildman–Crippen LogP) is 1.98. The SMILES string of the molecule is COc1cc(C(C)C)ccc1C(=O)N1CCN(C2COC2)CC1. The predicted molar refractivity (Wildman–Crippen MR) is 89.2 cm³/mol. The quantitative estimate of drug-likeness (QED) is 0.851. The highest BCUT2D eigenvalue weighted by molar-refractivity contribution is 5.97. The minimum atomic E-state index is 0.0710. The number of methoxy groups -OCH3 is 1. The molecule has 0 spiro atoms. The highest BCUT2D eigenvalue weighted by atomic mass is 16.5. The summed E-state index contributed by atoms with van der Waals surface area (Å²) in [5.41, 5.74) is 1.85. The highest BCUT2D eigenvalue weighted by Crippen LogP contribution is 2.26. The Morgan fingerprint density at radius 1 is 1.22 bits per heavy atom. The number of carbonyl (C=O) groups excluding carboxylic acids is 1. The molecule has 0 unspecified atom stereocenters. The van der Waals surface area contributed by atoms with E-state index in [0.717, 1.165) is 39.4 Å². The van der Waals surface area contributed by atoms with Gasteiger partial charge in [0.25, 0.3) is 5.91 Å². The Kier molecular flexibility index (Phi) is 4.87. The van der Waals surface area contributed by atoms with Crippen molar-refractivity contribution in [1.29, 1.82) is 0 Å². The van der Waals surface area contributed by atoms with Crippen LogP contribution in [0, 0.1) is 0 Å². The normalized spacial score (nSPS) is 19.7. The fraction of sp³-hybridized carbons (Fsp3) is 0.611. The number of carbonyl (C=O) groups is 1. The second-order valence-corrected chi connectivity index (χ2v) is 6.63. The molecule has 0 saturated carbocycles. The average molecular weight is 318 g/mol. The highest BCUT2D eigenvalue weighted by Gasteiger charge is 2.31. The van der Waals surface area contributed by atoms with Crippen LogP contribution in [0.3, 0.4) is 0 Å². The van der Waals surface area contributed by atoms with Crippen molar-refractivity contribution in [2.24, 2.45) is 0 Å². The van der Waals surface area contributed by atoms with Crippen LogP contribution in [-0.2, 0) is 4.74 Å². The Bertz CT molecular complexity index is 561. The lowest BCUT2D eigenvalue weighted by atomic mass is 10.0. The van der Waals surface area contributed by atoms with Gasteiger partial charge in [-0.1, -0.05) is 19.9 Å². The van der Waals surface area contributed by atoms with Crippen LogP contribution in [0.15, 0.2) is 18.2 Å². The van der Waals surface area contributed by atoms with Crippen LogP contribution >= 0.6 is 0 Å². The maximum absolute atomic E-state index is 12.8. The molecule has 1 aromatic carbocycles. The fourth-order valence-electron chi connectivity index (χ4n) is 3.14. The molecular weight excluding hydrogens is 292 g/mol. The second-order valence-electron chi connectivity index (χ2n) is 6.63. The Labute approximate surface area is 138 Å².